The molecule has 2 aliphatic rings. The second-order valence-corrected chi connectivity index (χ2v) is 7.98. The summed E-state index contributed by atoms with van der Waals surface area (Å²) in [7, 11) is 2.15. The van der Waals surface area contributed by atoms with Crippen LogP contribution in [0.15, 0.2) is 34.9 Å². The van der Waals surface area contributed by atoms with Crippen LogP contribution in [0.25, 0.3) is 0 Å². The van der Waals surface area contributed by atoms with E-state index in [4.69, 9.17) is 9.26 Å². The number of benzene rings is 1. The van der Waals surface area contributed by atoms with Gasteiger partial charge in [0.25, 0.3) is 0 Å². The first kappa shape index (κ1) is 18.2. The van der Waals surface area contributed by atoms with Gasteiger partial charge in [-0.2, -0.15) is 0 Å². The van der Waals surface area contributed by atoms with Crippen LogP contribution in [0.3, 0.4) is 0 Å². The normalized spacial score (nSPS) is 21.0. The number of rotatable bonds is 5. The Labute approximate surface area is 160 Å². The molecule has 4 rings (SSSR count). The molecule has 1 aromatic heterocycles. The maximum atomic E-state index is 12.6. The third kappa shape index (κ3) is 3.64. The number of likely N-dealkylation sites (tertiary alicyclic amines) is 1. The van der Waals surface area contributed by atoms with Crippen LogP contribution in [0.1, 0.15) is 29.0 Å². The standard InChI is InChI=1S/C21H27N3O3/c1-15-19(16(2)27-22-15)9-20(25)24-13-21(14-24)10-18(12-26-21)23(3)11-17-7-5-4-6-8-17/h4-8,18H,9-14H2,1-3H3. The Kier molecular flexibility index (Phi) is 4.78. The van der Waals surface area contributed by atoms with Crippen molar-refractivity contribution in [2.75, 3.05) is 26.7 Å². The van der Waals surface area contributed by atoms with Gasteiger partial charge < -0.3 is 14.2 Å². The smallest absolute Gasteiger partial charge is 0.227 e. The van der Waals surface area contributed by atoms with Crippen LogP contribution < -0.4 is 0 Å². The third-order valence-corrected chi connectivity index (χ3v) is 5.91. The van der Waals surface area contributed by atoms with E-state index >= 15 is 0 Å². The molecule has 144 valence electrons. The summed E-state index contributed by atoms with van der Waals surface area (Å²) in [6.45, 7) is 6.75. The molecule has 2 fully saturated rings. The monoisotopic (exact) mass is 369 g/mol. The number of amides is 1. The molecule has 0 bridgehead atoms. The van der Waals surface area contributed by atoms with E-state index in [-0.39, 0.29) is 11.5 Å². The van der Waals surface area contributed by atoms with E-state index in [1.54, 1.807) is 0 Å². The summed E-state index contributed by atoms with van der Waals surface area (Å²) in [6, 6.07) is 10.9. The molecule has 0 N–H and O–H groups in total. The van der Waals surface area contributed by atoms with Gasteiger partial charge in [-0.1, -0.05) is 35.5 Å². The average molecular weight is 369 g/mol. The molecule has 0 saturated carbocycles. The highest BCUT2D eigenvalue weighted by Crippen LogP contribution is 2.37. The van der Waals surface area contributed by atoms with E-state index in [0.29, 0.717) is 25.6 Å². The molecular weight excluding hydrogens is 342 g/mol. The van der Waals surface area contributed by atoms with Gasteiger partial charge in [0.2, 0.25) is 5.91 Å². The minimum atomic E-state index is -0.163. The number of carbonyl (C=O) groups is 1. The summed E-state index contributed by atoms with van der Waals surface area (Å²) >= 11 is 0. The predicted octanol–water partition coefficient (Wildman–Crippen LogP) is 2.34. The Morgan fingerprint density at radius 1 is 1.30 bits per heavy atom. The van der Waals surface area contributed by atoms with Gasteiger partial charge in [-0.3, -0.25) is 9.69 Å². The highest BCUT2D eigenvalue weighted by molar-refractivity contribution is 5.80. The highest BCUT2D eigenvalue weighted by atomic mass is 16.5. The lowest BCUT2D eigenvalue weighted by Crippen LogP contribution is -2.63. The summed E-state index contributed by atoms with van der Waals surface area (Å²) < 4.78 is 11.3. The van der Waals surface area contributed by atoms with E-state index in [1.165, 1.54) is 5.56 Å². The second-order valence-electron chi connectivity index (χ2n) is 7.98. The third-order valence-electron chi connectivity index (χ3n) is 5.91. The minimum Gasteiger partial charge on any atom is -0.370 e. The fourth-order valence-electron chi connectivity index (χ4n) is 4.17. The summed E-state index contributed by atoms with van der Waals surface area (Å²) in [4.78, 5) is 16.8. The van der Waals surface area contributed by atoms with Gasteiger partial charge in [0.1, 0.15) is 11.4 Å². The summed E-state index contributed by atoms with van der Waals surface area (Å²) in [5.41, 5.74) is 2.86. The lowest BCUT2D eigenvalue weighted by Gasteiger charge is -2.47. The van der Waals surface area contributed by atoms with Crippen molar-refractivity contribution >= 4 is 5.91 Å². The van der Waals surface area contributed by atoms with Crippen LogP contribution >= 0.6 is 0 Å². The summed E-state index contributed by atoms with van der Waals surface area (Å²) in [5, 5.41) is 3.93. The van der Waals surface area contributed by atoms with Gasteiger partial charge in [-0.15, -0.1) is 0 Å². The van der Waals surface area contributed by atoms with Crippen molar-refractivity contribution in [1.82, 2.24) is 15.0 Å². The zero-order valence-corrected chi connectivity index (χ0v) is 16.3. The van der Waals surface area contributed by atoms with Crippen molar-refractivity contribution in [3.05, 3.63) is 52.9 Å². The van der Waals surface area contributed by atoms with Crippen LogP contribution in [0.2, 0.25) is 0 Å². The molecule has 0 radical (unpaired) electrons. The van der Waals surface area contributed by atoms with Crippen LogP contribution in [0, 0.1) is 13.8 Å². The lowest BCUT2D eigenvalue weighted by atomic mass is 9.88. The van der Waals surface area contributed by atoms with Crippen molar-refractivity contribution in [3.63, 3.8) is 0 Å². The van der Waals surface area contributed by atoms with Crippen molar-refractivity contribution in [1.29, 1.82) is 0 Å². The summed E-state index contributed by atoms with van der Waals surface area (Å²) in [6.07, 6.45) is 1.33. The molecule has 3 heterocycles. The zero-order valence-electron chi connectivity index (χ0n) is 16.3. The van der Waals surface area contributed by atoms with Gasteiger partial charge in [-0.05, 0) is 32.9 Å². The molecule has 2 aliphatic heterocycles. The zero-order chi connectivity index (χ0) is 19.0. The highest BCUT2D eigenvalue weighted by Gasteiger charge is 2.51. The van der Waals surface area contributed by atoms with E-state index < -0.39 is 0 Å². The molecule has 27 heavy (non-hydrogen) atoms. The molecule has 2 aromatic rings. The van der Waals surface area contributed by atoms with Crippen molar-refractivity contribution in [2.24, 2.45) is 0 Å². The van der Waals surface area contributed by atoms with Gasteiger partial charge in [0, 0.05) is 18.2 Å². The van der Waals surface area contributed by atoms with Gasteiger partial charge in [0.15, 0.2) is 0 Å². The molecule has 2 saturated heterocycles. The average Bonchev–Trinajstić information content (AvgIpc) is 3.21. The van der Waals surface area contributed by atoms with Crippen LogP contribution in [0.5, 0.6) is 0 Å². The van der Waals surface area contributed by atoms with E-state index in [1.807, 2.05) is 24.8 Å². The topological polar surface area (TPSA) is 58.8 Å². The molecule has 1 atom stereocenters. The molecule has 0 aliphatic carbocycles. The van der Waals surface area contributed by atoms with Crippen LogP contribution in [0.4, 0.5) is 0 Å². The largest absolute Gasteiger partial charge is 0.370 e. The van der Waals surface area contributed by atoms with Crippen molar-refractivity contribution in [2.45, 2.75) is 44.9 Å². The van der Waals surface area contributed by atoms with Crippen molar-refractivity contribution in [3.8, 4) is 0 Å². The number of nitrogens with zero attached hydrogens (tertiary/aromatic N) is 3. The Morgan fingerprint density at radius 3 is 2.70 bits per heavy atom. The first-order valence-corrected chi connectivity index (χ1v) is 9.53. The first-order chi connectivity index (χ1) is 13.0. The Morgan fingerprint density at radius 2 is 2.04 bits per heavy atom. The molecule has 1 amide bonds. The number of aromatic nitrogens is 1. The molecule has 6 nitrogen and oxygen atoms in total. The van der Waals surface area contributed by atoms with Gasteiger partial charge in [0.05, 0.1) is 31.8 Å². The van der Waals surface area contributed by atoms with E-state index in [9.17, 15) is 4.79 Å². The first-order valence-electron chi connectivity index (χ1n) is 9.53. The van der Waals surface area contributed by atoms with E-state index in [2.05, 4.69) is 41.4 Å². The lowest BCUT2D eigenvalue weighted by molar-refractivity contribution is -0.157. The Hall–Kier alpha value is -2.18. The molecule has 1 spiro atoms. The number of ether oxygens (including phenoxy) is 1. The Bertz CT molecular complexity index is 792. The van der Waals surface area contributed by atoms with Gasteiger partial charge in [-0.25, -0.2) is 0 Å². The fourth-order valence-corrected chi connectivity index (χ4v) is 4.17. The fraction of sp³-hybridized carbons (Fsp3) is 0.524. The molecule has 1 aromatic carbocycles. The number of hydrogen-bond acceptors (Lipinski definition) is 5. The number of likely N-dealkylation sites (N-methyl/N-ethyl adjacent to an activating group) is 1. The maximum Gasteiger partial charge on any atom is 0.227 e. The van der Waals surface area contributed by atoms with Crippen molar-refractivity contribution < 1.29 is 14.1 Å². The summed E-state index contributed by atoms with van der Waals surface area (Å²) in [5.74, 6) is 0.857. The minimum absolute atomic E-state index is 0.125. The molecule has 1 unspecified atom stereocenters. The Balaban J connectivity index is 1.29. The number of aryl methyl sites for hydroxylation is 2. The number of carbonyl (C=O) groups excluding carboxylic acids is 1. The maximum absolute atomic E-state index is 12.6. The molecular formula is C21H27N3O3. The van der Waals surface area contributed by atoms with Crippen LogP contribution in [-0.2, 0) is 22.5 Å². The molecule has 6 heteroatoms. The SMILES string of the molecule is Cc1noc(C)c1CC(=O)N1CC2(CC(N(C)Cc3ccccc3)CO2)C1. The number of hydrogen-bond donors (Lipinski definition) is 0. The quantitative estimate of drug-likeness (QED) is 0.810. The predicted molar refractivity (Wildman–Crippen MR) is 101 cm³/mol. The van der Waals surface area contributed by atoms with Gasteiger partial charge >= 0.3 is 0 Å². The second kappa shape index (κ2) is 7.09. The van der Waals surface area contributed by atoms with E-state index in [0.717, 1.165) is 36.6 Å². The van der Waals surface area contributed by atoms with Crippen LogP contribution in [-0.4, -0.2) is 59.3 Å².